The van der Waals surface area contributed by atoms with Gasteiger partial charge in [-0.15, -0.1) is 0 Å². The third-order valence-corrected chi connectivity index (χ3v) is 3.96. The normalized spacial score (nSPS) is 15.8. The lowest BCUT2D eigenvalue weighted by Crippen LogP contribution is -2.29. The van der Waals surface area contributed by atoms with Crippen molar-refractivity contribution in [2.75, 3.05) is 31.1 Å². The highest BCUT2D eigenvalue weighted by atomic mass is 15.3. The van der Waals surface area contributed by atoms with Crippen LogP contribution in [0.15, 0.2) is 36.5 Å². The molecular weight excluding hydrogens is 260 g/mol. The zero-order valence-corrected chi connectivity index (χ0v) is 12.5. The summed E-state index contributed by atoms with van der Waals surface area (Å²) in [4.78, 5) is 11.5. The molecule has 0 bridgehead atoms. The van der Waals surface area contributed by atoms with E-state index in [0.717, 1.165) is 50.7 Å². The first-order valence-electron chi connectivity index (χ1n) is 7.65. The molecule has 2 aromatic rings. The summed E-state index contributed by atoms with van der Waals surface area (Å²) in [5.74, 6) is 0.866. The summed E-state index contributed by atoms with van der Waals surface area (Å²) in [6, 6.07) is 10.5. The molecule has 1 saturated heterocycles. The van der Waals surface area contributed by atoms with E-state index in [9.17, 15) is 0 Å². The van der Waals surface area contributed by atoms with Gasteiger partial charge < -0.3 is 10.2 Å². The smallest absolute Gasteiger partial charge is 0.225 e. The van der Waals surface area contributed by atoms with Gasteiger partial charge in [0.05, 0.1) is 5.69 Å². The fourth-order valence-electron chi connectivity index (χ4n) is 2.68. The maximum absolute atomic E-state index is 4.76. The lowest BCUT2D eigenvalue weighted by Gasteiger charge is -2.20. The minimum atomic E-state index is 0.866. The molecule has 21 heavy (non-hydrogen) atoms. The Kier molecular flexibility index (Phi) is 4.46. The van der Waals surface area contributed by atoms with Gasteiger partial charge in [-0.25, -0.2) is 9.97 Å². The van der Waals surface area contributed by atoms with Gasteiger partial charge in [0.1, 0.15) is 0 Å². The van der Waals surface area contributed by atoms with E-state index < -0.39 is 0 Å². The van der Waals surface area contributed by atoms with Gasteiger partial charge >= 0.3 is 0 Å². The van der Waals surface area contributed by atoms with Crippen molar-refractivity contribution in [1.29, 1.82) is 0 Å². The van der Waals surface area contributed by atoms with Crippen LogP contribution >= 0.6 is 0 Å². The summed E-state index contributed by atoms with van der Waals surface area (Å²) in [5.41, 5.74) is 3.74. The van der Waals surface area contributed by atoms with Gasteiger partial charge in [-0.3, -0.25) is 0 Å². The quantitative estimate of drug-likeness (QED) is 0.937. The molecule has 1 aliphatic rings. The number of benzene rings is 1. The molecule has 0 radical (unpaired) electrons. The molecule has 1 N–H and O–H groups in total. The van der Waals surface area contributed by atoms with E-state index in [1.54, 1.807) is 0 Å². The summed E-state index contributed by atoms with van der Waals surface area (Å²) in [6.07, 6.45) is 3.90. The largest absolute Gasteiger partial charge is 0.339 e. The number of nitrogens with one attached hydrogen (secondary N) is 1. The number of rotatable bonds is 3. The van der Waals surface area contributed by atoms with Crippen LogP contribution in [0.5, 0.6) is 0 Å². The Balaban J connectivity index is 1.78. The fourth-order valence-corrected chi connectivity index (χ4v) is 2.68. The molecule has 1 aromatic heterocycles. The van der Waals surface area contributed by atoms with Crippen LogP contribution < -0.4 is 10.2 Å². The number of hydrogen-bond donors (Lipinski definition) is 1. The monoisotopic (exact) mass is 282 g/mol. The van der Waals surface area contributed by atoms with Crippen LogP contribution in [0.25, 0.3) is 0 Å². The zero-order chi connectivity index (χ0) is 14.5. The van der Waals surface area contributed by atoms with Gasteiger partial charge in [-0.2, -0.15) is 0 Å². The SMILES string of the molecule is Cc1ccccc1Cc1ccnc(N2CCCNCC2)n1. The lowest BCUT2D eigenvalue weighted by molar-refractivity contribution is 0.724. The molecule has 0 atom stereocenters. The highest BCUT2D eigenvalue weighted by Gasteiger charge is 2.12. The Morgan fingerprint density at radius 1 is 1.14 bits per heavy atom. The van der Waals surface area contributed by atoms with E-state index in [1.807, 2.05) is 12.3 Å². The summed E-state index contributed by atoms with van der Waals surface area (Å²) in [7, 11) is 0. The average molecular weight is 282 g/mol. The molecule has 4 nitrogen and oxygen atoms in total. The lowest BCUT2D eigenvalue weighted by atomic mass is 10.0. The first-order valence-corrected chi connectivity index (χ1v) is 7.65. The number of hydrogen-bond acceptors (Lipinski definition) is 4. The molecule has 0 amide bonds. The van der Waals surface area contributed by atoms with Crippen molar-refractivity contribution in [1.82, 2.24) is 15.3 Å². The van der Waals surface area contributed by atoms with E-state index in [-0.39, 0.29) is 0 Å². The molecule has 110 valence electrons. The summed E-state index contributed by atoms with van der Waals surface area (Å²) in [5, 5.41) is 3.41. The van der Waals surface area contributed by atoms with Gasteiger partial charge in [0.2, 0.25) is 5.95 Å². The number of aromatic nitrogens is 2. The van der Waals surface area contributed by atoms with Crippen LogP contribution in [0, 0.1) is 6.92 Å². The second-order valence-electron chi connectivity index (χ2n) is 5.54. The predicted octanol–water partition coefficient (Wildman–Crippen LogP) is 2.18. The molecule has 1 aliphatic heterocycles. The molecular formula is C17H22N4. The third kappa shape index (κ3) is 3.58. The van der Waals surface area contributed by atoms with E-state index in [2.05, 4.69) is 46.4 Å². The van der Waals surface area contributed by atoms with Crippen molar-refractivity contribution in [2.45, 2.75) is 19.8 Å². The molecule has 1 aromatic carbocycles. The van der Waals surface area contributed by atoms with Crippen molar-refractivity contribution < 1.29 is 0 Å². The second kappa shape index (κ2) is 6.68. The Labute approximate surface area is 126 Å². The fraction of sp³-hybridized carbons (Fsp3) is 0.412. The molecule has 0 aliphatic carbocycles. The minimum absolute atomic E-state index is 0.866. The van der Waals surface area contributed by atoms with Crippen LogP contribution in [0.2, 0.25) is 0 Å². The van der Waals surface area contributed by atoms with Crippen molar-refractivity contribution in [3.8, 4) is 0 Å². The number of aryl methyl sites for hydroxylation is 1. The Morgan fingerprint density at radius 2 is 2.05 bits per heavy atom. The van der Waals surface area contributed by atoms with Crippen LogP contribution in [0.1, 0.15) is 23.2 Å². The number of nitrogens with zero attached hydrogens (tertiary/aromatic N) is 3. The van der Waals surface area contributed by atoms with E-state index in [1.165, 1.54) is 11.1 Å². The minimum Gasteiger partial charge on any atom is -0.339 e. The average Bonchev–Trinajstić information content (AvgIpc) is 2.79. The topological polar surface area (TPSA) is 41.1 Å². The molecule has 4 heteroatoms. The van der Waals surface area contributed by atoms with E-state index >= 15 is 0 Å². The molecule has 0 unspecified atom stereocenters. The number of anilines is 1. The summed E-state index contributed by atoms with van der Waals surface area (Å²) < 4.78 is 0. The third-order valence-electron chi connectivity index (χ3n) is 3.96. The van der Waals surface area contributed by atoms with Gasteiger partial charge in [0.25, 0.3) is 0 Å². The van der Waals surface area contributed by atoms with Crippen LogP contribution in [0.4, 0.5) is 5.95 Å². The Morgan fingerprint density at radius 3 is 2.95 bits per heavy atom. The van der Waals surface area contributed by atoms with Gasteiger partial charge in [-0.05, 0) is 37.1 Å². The first kappa shape index (κ1) is 14.0. The predicted molar refractivity (Wildman–Crippen MR) is 85.7 cm³/mol. The van der Waals surface area contributed by atoms with Gasteiger partial charge in [0, 0.05) is 32.3 Å². The maximum Gasteiger partial charge on any atom is 0.225 e. The van der Waals surface area contributed by atoms with Gasteiger partial charge in [-0.1, -0.05) is 24.3 Å². The van der Waals surface area contributed by atoms with Crippen molar-refractivity contribution in [2.24, 2.45) is 0 Å². The maximum atomic E-state index is 4.76. The van der Waals surface area contributed by atoms with Crippen molar-refractivity contribution in [3.63, 3.8) is 0 Å². The zero-order valence-electron chi connectivity index (χ0n) is 12.5. The first-order chi connectivity index (χ1) is 10.3. The molecule has 3 rings (SSSR count). The highest BCUT2D eigenvalue weighted by molar-refractivity contribution is 5.34. The van der Waals surface area contributed by atoms with E-state index in [4.69, 9.17) is 4.98 Å². The summed E-state index contributed by atoms with van der Waals surface area (Å²) >= 11 is 0. The molecule has 1 fully saturated rings. The standard InChI is InChI=1S/C17H22N4/c1-14-5-2-3-6-15(14)13-16-7-9-19-17(20-16)21-11-4-8-18-10-12-21/h2-3,5-7,9,18H,4,8,10-13H2,1H3. The van der Waals surface area contributed by atoms with Crippen LogP contribution in [-0.4, -0.2) is 36.1 Å². The van der Waals surface area contributed by atoms with Crippen molar-refractivity contribution in [3.05, 3.63) is 53.3 Å². The van der Waals surface area contributed by atoms with Crippen LogP contribution in [0.3, 0.4) is 0 Å². The Hall–Kier alpha value is -1.94. The highest BCUT2D eigenvalue weighted by Crippen LogP contribution is 2.14. The molecule has 2 heterocycles. The molecule has 0 spiro atoms. The Bertz CT molecular complexity index is 589. The molecule has 0 saturated carbocycles. The second-order valence-corrected chi connectivity index (χ2v) is 5.54. The van der Waals surface area contributed by atoms with E-state index in [0.29, 0.717) is 0 Å². The van der Waals surface area contributed by atoms with Crippen LogP contribution in [-0.2, 0) is 6.42 Å². The summed E-state index contributed by atoms with van der Waals surface area (Å²) in [6.45, 7) is 6.25. The van der Waals surface area contributed by atoms with Crippen molar-refractivity contribution >= 4 is 5.95 Å². The van der Waals surface area contributed by atoms with Gasteiger partial charge in [0.15, 0.2) is 0 Å².